The second-order valence-corrected chi connectivity index (χ2v) is 15.8. The van der Waals surface area contributed by atoms with E-state index in [-0.39, 0.29) is 68.5 Å². The summed E-state index contributed by atoms with van der Waals surface area (Å²) in [6, 6.07) is 16.8. The first-order chi connectivity index (χ1) is 28.8. The maximum Gasteiger partial charge on any atom is 0.336 e. The van der Waals surface area contributed by atoms with Crippen LogP contribution in [0.25, 0.3) is 12.2 Å². The fourth-order valence-electron chi connectivity index (χ4n) is 9.12. The molecule has 60 heavy (non-hydrogen) atoms. The molecule has 3 aliphatic rings. The summed E-state index contributed by atoms with van der Waals surface area (Å²) in [4.78, 5) is 41.5. The van der Waals surface area contributed by atoms with Crippen LogP contribution in [-0.4, -0.2) is 117 Å². The minimum Gasteiger partial charge on any atom is -0.504 e. The van der Waals surface area contributed by atoms with Crippen LogP contribution in [0.2, 0.25) is 0 Å². The molecule has 3 aromatic carbocycles. The first-order valence-corrected chi connectivity index (χ1v) is 20.1. The molecule has 0 amide bonds. The highest BCUT2D eigenvalue weighted by Gasteiger charge is 2.71. The molecule has 0 radical (unpaired) electrons. The molecule has 3 aromatic rings. The number of carbonyl (C=O) groups is 3. The van der Waals surface area contributed by atoms with Gasteiger partial charge in [0.1, 0.15) is 30.5 Å². The number of aryl methyl sites for hydroxylation is 1. The van der Waals surface area contributed by atoms with Crippen molar-refractivity contribution < 1.29 is 64.0 Å². The van der Waals surface area contributed by atoms with Crippen molar-refractivity contribution in [1.29, 1.82) is 0 Å². The number of hydrogen-bond acceptors (Lipinski definition) is 14. The highest BCUT2D eigenvalue weighted by Crippen LogP contribution is 2.56. The standard InChI is InChI=1S/C45H54N2O13/c1-47-27-45-39-15-16-43(60-45,40(54)14-11-31-20-34(50)35(51)21-32(31)24-48)22-30(8-7-28-5-3-2-4-6-28)25-58-41(45)37(53)23-44(39,42(55)56)59-26-33(49)12-9-29-10-13-38(36(52)19-29)57-18-17-46/h2-6,9-14,19-21,30,37,39,41,47-48,50-53H,7-8,15-18,22-27,46H2,1H3,(H,55,56)/t30-,37-,39+,41-,43+,44+,45-/m1/s1. The van der Waals surface area contributed by atoms with E-state index in [9.17, 15) is 45.0 Å². The number of carbonyl (C=O) groups excluding carboxylic acids is 2. The molecule has 15 nitrogen and oxygen atoms in total. The van der Waals surface area contributed by atoms with Gasteiger partial charge in [0.25, 0.3) is 0 Å². The lowest BCUT2D eigenvalue weighted by molar-refractivity contribution is -0.332. The highest BCUT2D eigenvalue weighted by molar-refractivity contribution is 6.00. The number of phenolic OH excluding ortho intramolecular Hbond substituents is 3. The molecule has 15 heteroatoms. The van der Waals surface area contributed by atoms with Crippen molar-refractivity contribution in [3.63, 3.8) is 0 Å². The Bertz CT molecular complexity index is 2070. The number of aliphatic hydroxyl groups is 2. The third-order valence-electron chi connectivity index (χ3n) is 11.9. The van der Waals surface area contributed by atoms with Gasteiger partial charge in [0.2, 0.25) is 0 Å². The number of hydrogen-bond donors (Lipinski definition) is 8. The van der Waals surface area contributed by atoms with E-state index in [4.69, 9.17) is 24.7 Å². The van der Waals surface area contributed by atoms with Gasteiger partial charge in [0, 0.05) is 25.4 Å². The summed E-state index contributed by atoms with van der Waals surface area (Å²) in [6.07, 6.45) is 4.01. The predicted molar refractivity (Wildman–Crippen MR) is 219 cm³/mol. The Morgan fingerprint density at radius 2 is 1.75 bits per heavy atom. The van der Waals surface area contributed by atoms with E-state index in [2.05, 4.69) is 5.32 Å². The average Bonchev–Trinajstić information content (AvgIpc) is 3.23. The Labute approximate surface area is 348 Å². The van der Waals surface area contributed by atoms with Gasteiger partial charge in [-0.3, -0.25) is 9.59 Å². The molecule has 0 spiro atoms. The van der Waals surface area contributed by atoms with Crippen LogP contribution in [0, 0.1) is 11.8 Å². The quantitative estimate of drug-likeness (QED) is 0.0677. The van der Waals surface area contributed by atoms with Crippen LogP contribution in [0.1, 0.15) is 54.4 Å². The van der Waals surface area contributed by atoms with E-state index >= 15 is 0 Å². The van der Waals surface area contributed by atoms with Crippen LogP contribution in [0.4, 0.5) is 0 Å². The minimum absolute atomic E-state index is 0.0476. The van der Waals surface area contributed by atoms with E-state index < -0.39 is 83.6 Å². The monoisotopic (exact) mass is 830 g/mol. The summed E-state index contributed by atoms with van der Waals surface area (Å²) in [5.41, 5.74) is 2.26. The lowest BCUT2D eigenvalue weighted by atomic mass is 9.58. The first kappa shape index (κ1) is 44.4. The van der Waals surface area contributed by atoms with Crippen molar-refractivity contribution in [2.45, 2.75) is 74.1 Å². The summed E-state index contributed by atoms with van der Waals surface area (Å²) < 4.78 is 25.2. The molecule has 3 fully saturated rings. The summed E-state index contributed by atoms with van der Waals surface area (Å²) >= 11 is 0. The fourth-order valence-corrected chi connectivity index (χ4v) is 9.12. The van der Waals surface area contributed by atoms with Gasteiger partial charge in [0.05, 0.1) is 19.3 Å². The number of aromatic hydroxyl groups is 3. The maximum absolute atomic E-state index is 14.7. The van der Waals surface area contributed by atoms with Gasteiger partial charge < -0.3 is 60.6 Å². The van der Waals surface area contributed by atoms with Crippen molar-refractivity contribution >= 4 is 29.7 Å². The zero-order valence-electron chi connectivity index (χ0n) is 33.5. The number of carboxylic acid groups (broad SMARTS) is 1. The molecule has 1 aliphatic carbocycles. The number of nitrogens with one attached hydrogen (secondary N) is 1. The van der Waals surface area contributed by atoms with Gasteiger partial charge in [-0.25, -0.2) is 4.79 Å². The second kappa shape index (κ2) is 19.1. The number of ether oxygens (including phenoxy) is 4. The van der Waals surface area contributed by atoms with Gasteiger partial charge >= 0.3 is 5.97 Å². The molecule has 1 saturated carbocycles. The molecule has 6 rings (SSSR count). The number of likely N-dealkylation sites (N-methyl/N-ethyl adjacent to an activating group) is 1. The lowest BCUT2D eigenvalue weighted by Gasteiger charge is -2.63. The lowest BCUT2D eigenvalue weighted by Crippen LogP contribution is -2.78. The molecule has 9 N–H and O–H groups in total. The number of carboxylic acids is 1. The number of phenols is 3. The Hall–Kier alpha value is -5.13. The summed E-state index contributed by atoms with van der Waals surface area (Å²) in [5, 5.41) is 66.5. The van der Waals surface area contributed by atoms with Crippen LogP contribution in [0.5, 0.6) is 23.0 Å². The summed E-state index contributed by atoms with van der Waals surface area (Å²) in [7, 11) is 1.64. The van der Waals surface area contributed by atoms with Gasteiger partial charge in [-0.2, -0.15) is 0 Å². The third-order valence-corrected chi connectivity index (χ3v) is 11.9. The van der Waals surface area contributed by atoms with Crippen molar-refractivity contribution in [1.82, 2.24) is 5.32 Å². The van der Waals surface area contributed by atoms with Gasteiger partial charge in [0.15, 0.2) is 40.2 Å². The Morgan fingerprint density at radius 1 is 0.983 bits per heavy atom. The number of aliphatic carboxylic acids is 1. The third kappa shape index (κ3) is 9.27. The smallest absolute Gasteiger partial charge is 0.336 e. The van der Waals surface area contributed by atoms with Crippen molar-refractivity contribution in [2.75, 3.05) is 40.0 Å². The Balaban J connectivity index is 1.33. The fraction of sp³-hybridized carbons (Fsp3) is 0.444. The van der Waals surface area contributed by atoms with Gasteiger partial charge in [-0.15, -0.1) is 0 Å². The van der Waals surface area contributed by atoms with Crippen LogP contribution in [-0.2, 0) is 41.6 Å². The van der Waals surface area contributed by atoms with E-state index in [1.165, 1.54) is 48.6 Å². The largest absolute Gasteiger partial charge is 0.504 e. The zero-order valence-corrected chi connectivity index (χ0v) is 33.5. The molecule has 7 atom stereocenters. The number of aliphatic hydroxyl groups excluding tert-OH is 2. The molecule has 322 valence electrons. The van der Waals surface area contributed by atoms with Crippen LogP contribution in [0.3, 0.4) is 0 Å². The van der Waals surface area contributed by atoms with E-state index in [1.54, 1.807) is 13.1 Å². The molecule has 2 heterocycles. The Kier molecular flexibility index (Phi) is 14.1. The number of ketones is 2. The maximum atomic E-state index is 14.7. The van der Waals surface area contributed by atoms with Crippen molar-refractivity contribution in [2.24, 2.45) is 17.6 Å². The van der Waals surface area contributed by atoms with Crippen molar-refractivity contribution in [3.8, 4) is 23.0 Å². The molecular formula is C45H54N2O13. The van der Waals surface area contributed by atoms with E-state index in [0.717, 1.165) is 5.56 Å². The second-order valence-electron chi connectivity index (χ2n) is 15.8. The molecular weight excluding hydrogens is 776 g/mol. The summed E-state index contributed by atoms with van der Waals surface area (Å²) in [6.45, 7) is -0.599. The number of nitrogens with two attached hydrogens (primary N) is 1. The SMILES string of the molecule is CNC[C@@]12O[C@@]3(C(=O)C=Cc4cc(O)c(O)cc4CO)CC[C@H]1[C@](OCC(=O)C=Cc1ccc(OCCN)c(O)c1)(C(=O)O)C[C@@H](O)[C@H]2OC[C@H](CCc1ccccc1)C3. The molecule has 2 saturated heterocycles. The van der Waals surface area contributed by atoms with Crippen LogP contribution < -0.4 is 15.8 Å². The zero-order chi connectivity index (χ0) is 43.1. The number of benzene rings is 3. The van der Waals surface area contributed by atoms with Crippen molar-refractivity contribution in [3.05, 3.63) is 95.1 Å². The highest BCUT2D eigenvalue weighted by atomic mass is 16.6. The Morgan fingerprint density at radius 3 is 2.45 bits per heavy atom. The van der Waals surface area contributed by atoms with E-state index in [1.807, 2.05) is 30.3 Å². The van der Waals surface area contributed by atoms with E-state index in [0.29, 0.717) is 24.0 Å². The van der Waals surface area contributed by atoms with Crippen LogP contribution in [0.15, 0.2) is 72.8 Å². The number of rotatable bonds is 18. The minimum atomic E-state index is -2.14. The first-order valence-electron chi connectivity index (χ1n) is 20.1. The molecule has 2 bridgehead atoms. The van der Waals surface area contributed by atoms with Gasteiger partial charge in [-0.05, 0) is 104 Å². The van der Waals surface area contributed by atoms with Gasteiger partial charge in [-0.1, -0.05) is 48.6 Å². The summed E-state index contributed by atoms with van der Waals surface area (Å²) in [5.74, 6) is -4.48. The average molecular weight is 831 g/mol. The normalized spacial score (nSPS) is 27.7. The topological polar surface area (TPSA) is 248 Å². The number of fused-ring (bicyclic) bond motifs is 1. The molecule has 0 aromatic heterocycles. The molecule has 0 unspecified atom stereocenters. The predicted octanol–water partition coefficient (Wildman–Crippen LogP) is 3.26. The van der Waals surface area contributed by atoms with Crippen LogP contribution >= 0.6 is 0 Å². The molecule has 2 aliphatic heterocycles.